The number of aromatic nitrogens is 3. The summed E-state index contributed by atoms with van der Waals surface area (Å²) in [6, 6.07) is 8.13. The topological polar surface area (TPSA) is 38.7 Å². The molecule has 0 saturated carbocycles. The van der Waals surface area contributed by atoms with Crippen molar-refractivity contribution in [2.24, 2.45) is 0 Å². The van der Waals surface area contributed by atoms with Crippen molar-refractivity contribution in [1.82, 2.24) is 15.2 Å². The molecule has 0 aliphatic carbocycles. The summed E-state index contributed by atoms with van der Waals surface area (Å²) in [5.74, 6) is 0. The van der Waals surface area contributed by atoms with Gasteiger partial charge in [0.15, 0.2) is 0 Å². The molecule has 0 spiro atoms. The molecule has 2 rings (SSSR count). The molecule has 2 aromatic rings. The third kappa shape index (κ3) is 2.15. The van der Waals surface area contributed by atoms with Crippen molar-refractivity contribution in [3.8, 4) is 11.3 Å². The summed E-state index contributed by atoms with van der Waals surface area (Å²) in [5, 5.41) is 8.56. The lowest BCUT2D eigenvalue weighted by molar-refractivity contribution is 0.845. The molecule has 0 saturated heterocycles. The van der Waals surface area contributed by atoms with Crippen LogP contribution in [0, 0.1) is 6.92 Å². The second-order valence-electron chi connectivity index (χ2n) is 3.14. The molecule has 0 radical (unpaired) electrons. The summed E-state index contributed by atoms with van der Waals surface area (Å²) in [4.78, 5) is 4.41. The summed E-state index contributed by atoms with van der Waals surface area (Å²) in [7, 11) is 0. The molecule has 0 N–H and O–H groups in total. The Morgan fingerprint density at radius 3 is 2.73 bits per heavy atom. The van der Waals surface area contributed by atoms with Crippen molar-refractivity contribution < 1.29 is 0 Å². The maximum atomic E-state index is 4.41. The van der Waals surface area contributed by atoms with E-state index in [4.69, 9.17) is 0 Å². The zero-order valence-corrected chi connectivity index (χ0v) is 9.45. The number of hydrogen-bond acceptors (Lipinski definition) is 4. The van der Waals surface area contributed by atoms with E-state index in [0.717, 1.165) is 11.3 Å². The number of rotatable bonds is 2. The summed E-state index contributed by atoms with van der Waals surface area (Å²) in [5.41, 5.74) is 3.19. The Bertz CT molecular complexity index is 471. The van der Waals surface area contributed by atoms with Crippen LogP contribution < -0.4 is 0 Å². The number of hydrogen-bond donors (Lipinski definition) is 0. The molecule has 0 aliphatic rings. The number of nitrogens with zero attached hydrogens (tertiary/aromatic N) is 3. The zero-order valence-electron chi connectivity index (χ0n) is 8.64. The van der Waals surface area contributed by atoms with Gasteiger partial charge >= 0.3 is 0 Å². The van der Waals surface area contributed by atoms with Crippen LogP contribution in [0.15, 0.2) is 35.6 Å². The Balaban J connectivity index is 2.49. The average molecular weight is 217 g/mol. The maximum Gasteiger partial charge on any atom is 0.209 e. The van der Waals surface area contributed by atoms with Crippen LogP contribution in [-0.4, -0.2) is 21.4 Å². The monoisotopic (exact) mass is 217 g/mol. The number of thioether (sulfide) groups is 1. The quantitative estimate of drug-likeness (QED) is 0.725. The standard InChI is InChI=1S/C11H11N3S/c1-8-5-3-4-6-9(8)10-7-12-14-11(13-10)15-2/h3-7H,1-2H3. The molecule has 4 heteroatoms. The van der Waals surface area contributed by atoms with Crippen molar-refractivity contribution >= 4 is 11.8 Å². The van der Waals surface area contributed by atoms with Crippen LogP contribution >= 0.6 is 11.8 Å². The van der Waals surface area contributed by atoms with Gasteiger partial charge in [0.2, 0.25) is 5.16 Å². The molecule has 0 fully saturated rings. The van der Waals surface area contributed by atoms with E-state index in [1.54, 1.807) is 6.20 Å². The van der Waals surface area contributed by atoms with Crippen LogP contribution in [0.5, 0.6) is 0 Å². The Kier molecular flexibility index (Phi) is 2.97. The van der Waals surface area contributed by atoms with Gasteiger partial charge in [-0.25, -0.2) is 4.98 Å². The molecule has 3 nitrogen and oxygen atoms in total. The van der Waals surface area contributed by atoms with Crippen LogP contribution in [0.4, 0.5) is 0 Å². The first-order valence-electron chi connectivity index (χ1n) is 4.61. The first-order valence-corrected chi connectivity index (χ1v) is 5.83. The minimum Gasteiger partial charge on any atom is -0.219 e. The lowest BCUT2D eigenvalue weighted by Crippen LogP contribution is -1.93. The van der Waals surface area contributed by atoms with E-state index in [1.165, 1.54) is 17.3 Å². The molecular weight excluding hydrogens is 206 g/mol. The van der Waals surface area contributed by atoms with Gasteiger partial charge in [-0.1, -0.05) is 36.0 Å². The van der Waals surface area contributed by atoms with Gasteiger partial charge in [0.1, 0.15) is 0 Å². The molecule has 1 aromatic carbocycles. The first kappa shape index (κ1) is 10.1. The van der Waals surface area contributed by atoms with Gasteiger partial charge in [0.05, 0.1) is 11.9 Å². The summed E-state index contributed by atoms with van der Waals surface area (Å²) >= 11 is 1.50. The van der Waals surface area contributed by atoms with Gasteiger partial charge in [-0.05, 0) is 18.7 Å². The molecule has 15 heavy (non-hydrogen) atoms. The molecule has 0 aliphatic heterocycles. The molecule has 0 amide bonds. The van der Waals surface area contributed by atoms with E-state index in [9.17, 15) is 0 Å². The smallest absolute Gasteiger partial charge is 0.209 e. The Hall–Kier alpha value is -1.42. The zero-order chi connectivity index (χ0) is 10.7. The fourth-order valence-electron chi connectivity index (χ4n) is 1.36. The van der Waals surface area contributed by atoms with Crippen LogP contribution in [0.3, 0.4) is 0 Å². The summed E-state index contributed by atoms with van der Waals surface area (Å²) in [6.45, 7) is 2.07. The average Bonchev–Trinajstić information content (AvgIpc) is 2.30. The van der Waals surface area contributed by atoms with Gasteiger partial charge in [-0.15, -0.1) is 5.10 Å². The normalized spacial score (nSPS) is 10.3. The van der Waals surface area contributed by atoms with Crippen molar-refractivity contribution in [3.05, 3.63) is 36.0 Å². The highest BCUT2D eigenvalue weighted by molar-refractivity contribution is 7.98. The third-order valence-electron chi connectivity index (χ3n) is 2.14. The van der Waals surface area contributed by atoms with E-state index in [0.29, 0.717) is 5.16 Å². The van der Waals surface area contributed by atoms with Gasteiger partial charge in [-0.2, -0.15) is 5.10 Å². The molecule has 76 valence electrons. The molecule has 1 heterocycles. The van der Waals surface area contributed by atoms with E-state index in [1.807, 2.05) is 24.5 Å². The molecular formula is C11H11N3S. The highest BCUT2D eigenvalue weighted by atomic mass is 32.2. The Morgan fingerprint density at radius 2 is 2.00 bits per heavy atom. The first-order chi connectivity index (χ1) is 7.31. The predicted molar refractivity (Wildman–Crippen MR) is 61.8 cm³/mol. The van der Waals surface area contributed by atoms with Crippen molar-refractivity contribution in [2.45, 2.75) is 12.1 Å². The second-order valence-corrected chi connectivity index (χ2v) is 3.92. The summed E-state index contributed by atoms with van der Waals surface area (Å²) in [6.07, 6.45) is 3.64. The van der Waals surface area contributed by atoms with Crippen molar-refractivity contribution in [1.29, 1.82) is 0 Å². The number of aryl methyl sites for hydroxylation is 1. The van der Waals surface area contributed by atoms with Gasteiger partial charge in [0.25, 0.3) is 0 Å². The van der Waals surface area contributed by atoms with E-state index in [-0.39, 0.29) is 0 Å². The molecule has 0 atom stereocenters. The lowest BCUT2D eigenvalue weighted by atomic mass is 10.1. The number of benzene rings is 1. The van der Waals surface area contributed by atoms with Crippen LogP contribution in [0.25, 0.3) is 11.3 Å². The SMILES string of the molecule is CSc1nncc(-c2ccccc2C)n1. The maximum absolute atomic E-state index is 4.41. The van der Waals surface area contributed by atoms with Crippen LogP contribution in [0.1, 0.15) is 5.56 Å². The highest BCUT2D eigenvalue weighted by Crippen LogP contribution is 2.21. The van der Waals surface area contributed by atoms with Crippen molar-refractivity contribution in [3.63, 3.8) is 0 Å². The lowest BCUT2D eigenvalue weighted by Gasteiger charge is -2.04. The Morgan fingerprint density at radius 1 is 1.20 bits per heavy atom. The van der Waals surface area contributed by atoms with Gasteiger partial charge < -0.3 is 0 Å². The van der Waals surface area contributed by atoms with E-state index >= 15 is 0 Å². The largest absolute Gasteiger partial charge is 0.219 e. The molecule has 0 bridgehead atoms. The van der Waals surface area contributed by atoms with Crippen molar-refractivity contribution in [2.75, 3.05) is 6.26 Å². The Labute approximate surface area is 93.0 Å². The fraction of sp³-hybridized carbons (Fsp3) is 0.182. The fourth-order valence-corrected chi connectivity index (χ4v) is 1.68. The van der Waals surface area contributed by atoms with E-state index < -0.39 is 0 Å². The third-order valence-corrected chi connectivity index (χ3v) is 2.68. The van der Waals surface area contributed by atoms with Crippen LogP contribution in [-0.2, 0) is 0 Å². The van der Waals surface area contributed by atoms with Gasteiger partial charge in [-0.3, -0.25) is 0 Å². The van der Waals surface area contributed by atoms with E-state index in [2.05, 4.69) is 28.2 Å². The molecule has 1 aromatic heterocycles. The minimum absolute atomic E-state index is 0.704. The summed E-state index contributed by atoms with van der Waals surface area (Å²) < 4.78 is 0. The van der Waals surface area contributed by atoms with Gasteiger partial charge in [0, 0.05) is 5.56 Å². The highest BCUT2D eigenvalue weighted by Gasteiger charge is 2.04. The van der Waals surface area contributed by atoms with Crippen LogP contribution in [0.2, 0.25) is 0 Å². The second kappa shape index (κ2) is 4.40. The minimum atomic E-state index is 0.704. The predicted octanol–water partition coefficient (Wildman–Crippen LogP) is 2.57. The molecule has 0 unspecified atom stereocenters.